The standard InChI is InChI=1S/C24H14BrClN2O3S/c25-14-9-11-15(12-10-14)27(13-28-22(29)16-5-1-2-6-17(16)23(28)30)24(31)21-20(26)18-7-3-4-8-19(18)32-21/h1-12H,13H2. The quantitative estimate of drug-likeness (QED) is 0.297. The van der Waals surface area contributed by atoms with Gasteiger partial charge in [-0.05, 0) is 42.5 Å². The molecule has 0 bridgehead atoms. The third-order valence-corrected chi connectivity index (χ3v) is 7.47. The highest BCUT2D eigenvalue weighted by atomic mass is 79.9. The first-order valence-corrected chi connectivity index (χ1v) is 11.6. The van der Waals surface area contributed by atoms with Crippen molar-refractivity contribution in [2.24, 2.45) is 0 Å². The van der Waals surface area contributed by atoms with Crippen LogP contribution < -0.4 is 4.90 Å². The van der Waals surface area contributed by atoms with Gasteiger partial charge in [0.15, 0.2) is 0 Å². The van der Waals surface area contributed by atoms with Gasteiger partial charge in [-0.2, -0.15) is 0 Å². The number of benzene rings is 3. The van der Waals surface area contributed by atoms with Crippen LogP contribution in [0.3, 0.4) is 0 Å². The molecule has 4 aromatic rings. The van der Waals surface area contributed by atoms with Crippen LogP contribution in [0.25, 0.3) is 10.1 Å². The first kappa shape index (κ1) is 20.9. The Kier molecular flexibility index (Phi) is 5.33. The molecule has 0 radical (unpaired) electrons. The molecule has 0 atom stereocenters. The second kappa shape index (κ2) is 8.16. The number of carbonyl (C=O) groups excluding carboxylic acids is 3. The van der Waals surface area contributed by atoms with Crippen LogP contribution in [0, 0.1) is 0 Å². The molecule has 0 saturated carbocycles. The van der Waals surface area contributed by atoms with Crippen LogP contribution in [0.2, 0.25) is 5.02 Å². The van der Waals surface area contributed by atoms with E-state index >= 15 is 0 Å². The molecule has 0 spiro atoms. The monoisotopic (exact) mass is 524 g/mol. The van der Waals surface area contributed by atoms with Crippen LogP contribution in [0.4, 0.5) is 5.69 Å². The van der Waals surface area contributed by atoms with E-state index in [1.54, 1.807) is 48.5 Å². The van der Waals surface area contributed by atoms with E-state index in [2.05, 4.69) is 15.9 Å². The van der Waals surface area contributed by atoms with Gasteiger partial charge in [-0.15, -0.1) is 11.3 Å². The van der Waals surface area contributed by atoms with Crippen LogP contribution >= 0.6 is 38.9 Å². The topological polar surface area (TPSA) is 57.7 Å². The summed E-state index contributed by atoms with van der Waals surface area (Å²) in [6, 6.07) is 21.3. The van der Waals surface area contributed by atoms with Crippen molar-refractivity contribution in [3.05, 3.63) is 98.3 Å². The van der Waals surface area contributed by atoms with Gasteiger partial charge in [-0.25, -0.2) is 0 Å². The lowest BCUT2D eigenvalue weighted by Gasteiger charge is -2.27. The fourth-order valence-electron chi connectivity index (χ4n) is 3.67. The summed E-state index contributed by atoms with van der Waals surface area (Å²) in [5.74, 6) is -1.24. The molecule has 0 unspecified atom stereocenters. The molecule has 3 amide bonds. The maximum absolute atomic E-state index is 13.7. The number of thiophene rings is 1. The van der Waals surface area contributed by atoms with E-state index in [-0.39, 0.29) is 12.6 Å². The van der Waals surface area contributed by atoms with Gasteiger partial charge in [0.1, 0.15) is 11.5 Å². The average Bonchev–Trinajstić information content (AvgIpc) is 3.27. The Labute approximate surface area is 200 Å². The number of imide groups is 1. The third kappa shape index (κ3) is 3.43. The van der Waals surface area contributed by atoms with E-state index in [9.17, 15) is 14.4 Å². The summed E-state index contributed by atoms with van der Waals surface area (Å²) in [4.78, 5) is 42.4. The molecule has 8 heteroatoms. The highest BCUT2D eigenvalue weighted by molar-refractivity contribution is 9.10. The summed E-state index contributed by atoms with van der Waals surface area (Å²) in [7, 11) is 0. The van der Waals surface area contributed by atoms with E-state index in [0.717, 1.165) is 19.5 Å². The predicted octanol–water partition coefficient (Wildman–Crippen LogP) is 6.22. The molecule has 1 aliphatic heterocycles. The highest BCUT2D eigenvalue weighted by Gasteiger charge is 2.38. The van der Waals surface area contributed by atoms with Crippen LogP contribution in [-0.4, -0.2) is 29.3 Å². The van der Waals surface area contributed by atoms with Gasteiger partial charge in [0, 0.05) is 20.2 Å². The normalized spacial score (nSPS) is 13.0. The SMILES string of the molecule is O=C1c2ccccc2C(=O)N1CN(C(=O)c1sc2ccccc2c1Cl)c1ccc(Br)cc1. The van der Waals surface area contributed by atoms with E-state index in [1.807, 2.05) is 24.3 Å². The van der Waals surface area contributed by atoms with Gasteiger partial charge in [0.05, 0.1) is 16.1 Å². The Bertz CT molecular complexity index is 1370. The zero-order chi connectivity index (χ0) is 22.4. The molecule has 0 aliphatic carbocycles. The van der Waals surface area contributed by atoms with Crippen molar-refractivity contribution in [3.63, 3.8) is 0 Å². The lowest BCUT2D eigenvalue weighted by Crippen LogP contribution is -2.44. The summed E-state index contributed by atoms with van der Waals surface area (Å²) in [6.45, 7) is -0.225. The molecule has 0 fully saturated rings. The van der Waals surface area contributed by atoms with Crippen molar-refractivity contribution in [1.29, 1.82) is 0 Å². The van der Waals surface area contributed by atoms with E-state index in [4.69, 9.17) is 11.6 Å². The number of amides is 3. The van der Waals surface area contributed by atoms with Gasteiger partial charge in [0.2, 0.25) is 0 Å². The number of fused-ring (bicyclic) bond motifs is 2. The van der Waals surface area contributed by atoms with Gasteiger partial charge in [-0.3, -0.25) is 24.2 Å². The Morgan fingerprint density at radius 1 is 0.906 bits per heavy atom. The number of anilines is 1. The van der Waals surface area contributed by atoms with E-state index < -0.39 is 11.8 Å². The first-order chi connectivity index (χ1) is 15.5. The lowest BCUT2D eigenvalue weighted by molar-refractivity contribution is 0.0650. The Morgan fingerprint density at radius 3 is 2.12 bits per heavy atom. The number of nitrogens with zero attached hydrogens (tertiary/aromatic N) is 2. The summed E-state index contributed by atoms with van der Waals surface area (Å²) in [6.07, 6.45) is 0. The molecule has 5 rings (SSSR count). The molecular formula is C24H14BrClN2O3S. The summed E-state index contributed by atoms with van der Waals surface area (Å²) in [5, 5.41) is 1.15. The largest absolute Gasteiger partial charge is 0.289 e. The van der Waals surface area contributed by atoms with Crippen LogP contribution in [0.15, 0.2) is 77.3 Å². The van der Waals surface area contributed by atoms with E-state index in [1.165, 1.54) is 16.2 Å². The summed E-state index contributed by atoms with van der Waals surface area (Å²) in [5.41, 5.74) is 1.21. The maximum Gasteiger partial charge on any atom is 0.271 e. The van der Waals surface area contributed by atoms with Crippen molar-refractivity contribution in [1.82, 2.24) is 4.90 Å². The van der Waals surface area contributed by atoms with Crippen molar-refractivity contribution in [2.75, 3.05) is 11.6 Å². The first-order valence-electron chi connectivity index (χ1n) is 9.65. The molecule has 0 saturated heterocycles. The Balaban J connectivity index is 1.56. The smallest absolute Gasteiger partial charge is 0.271 e. The fourth-order valence-corrected chi connectivity index (χ4v) is 5.39. The molecular weight excluding hydrogens is 512 g/mol. The summed E-state index contributed by atoms with van der Waals surface area (Å²) >= 11 is 11.2. The number of carbonyl (C=O) groups is 3. The minimum atomic E-state index is -0.428. The zero-order valence-electron chi connectivity index (χ0n) is 16.4. The zero-order valence-corrected chi connectivity index (χ0v) is 19.6. The number of rotatable bonds is 4. The number of hydrogen-bond acceptors (Lipinski definition) is 4. The minimum absolute atomic E-state index is 0.225. The molecule has 158 valence electrons. The summed E-state index contributed by atoms with van der Waals surface area (Å²) < 4.78 is 1.73. The van der Waals surface area contributed by atoms with Gasteiger partial charge in [0.25, 0.3) is 17.7 Å². The molecule has 1 aliphatic rings. The van der Waals surface area contributed by atoms with Gasteiger partial charge < -0.3 is 0 Å². The van der Waals surface area contributed by atoms with Gasteiger partial charge >= 0.3 is 0 Å². The molecule has 3 aromatic carbocycles. The van der Waals surface area contributed by atoms with Crippen LogP contribution in [0.1, 0.15) is 30.4 Å². The van der Waals surface area contributed by atoms with Crippen molar-refractivity contribution in [3.8, 4) is 0 Å². The Morgan fingerprint density at radius 2 is 1.50 bits per heavy atom. The number of hydrogen-bond donors (Lipinski definition) is 0. The number of halogens is 2. The molecule has 5 nitrogen and oxygen atoms in total. The lowest BCUT2D eigenvalue weighted by atomic mass is 10.1. The minimum Gasteiger partial charge on any atom is -0.289 e. The van der Waals surface area contributed by atoms with Crippen LogP contribution in [-0.2, 0) is 0 Å². The maximum atomic E-state index is 13.7. The highest BCUT2D eigenvalue weighted by Crippen LogP contribution is 2.37. The van der Waals surface area contributed by atoms with Crippen molar-refractivity contribution < 1.29 is 14.4 Å². The Hall–Kier alpha value is -3.00. The second-order valence-electron chi connectivity index (χ2n) is 7.18. The van der Waals surface area contributed by atoms with Crippen molar-refractivity contribution >= 4 is 72.4 Å². The molecule has 0 N–H and O–H groups in total. The van der Waals surface area contributed by atoms with Crippen molar-refractivity contribution in [2.45, 2.75) is 0 Å². The third-order valence-electron chi connectivity index (χ3n) is 5.27. The van der Waals surface area contributed by atoms with Gasteiger partial charge in [-0.1, -0.05) is 57.9 Å². The second-order valence-corrected chi connectivity index (χ2v) is 9.52. The molecule has 1 aromatic heterocycles. The average molecular weight is 526 g/mol. The molecule has 32 heavy (non-hydrogen) atoms. The predicted molar refractivity (Wildman–Crippen MR) is 130 cm³/mol. The fraction of sp³-hybridized carbons (Fsp3) is 0.0417. The molecule has 2 heterocycles. The van der Waals surface area contributed by atoms with Crippen LogP contribution in [0.5, 0.6) is 0 Å². The van der Waals surface area contributed by atoms with E-state index in [0.29, 0.717) is 26.7 Å².